The van der Waals surface area contributed by atoms with Crippen molar-refractivity contribution < 1.29 is 9.90 Å². The van der Waals surface area contributed by atoms with E-state index < -0.39 is 5.97 Å². The summed E-state index contributed by atoms with van der Waals surface area (Å²) in [6.07, 6.45) is 0. The predicted octanol–water partition coefficient (Wildman–Crippen LogP) is 2.22. The van der Waals surface area contributed by atoms with Gasteiger partial charge in [-0.3, -0.25) is 0 Å². The minimum Gasteiger partial charge on any atom is -0.477 e. The maximum Gasteiger partial charge on any atom is 0.354 e. The zero-order valence-electron chi connectivity index (χ0n) is 9.68. The molecule has 0 aromatic carbocycles. The smallest absolute Gasteiger partial charge is 0.354 e. The van der Waals surface area contributed by atoms with Gasteiger partial charge in [0.1, 0.15) is 5.82 Å². The topological polar surface area (TPSA) is 76.0 Å². The van der Waals surface area contributed by atoms with E-state index >= 15 is 0 Å². The van der Waals surface area contributed by atoms with Crippen LogP contribution in [0.2, 0.25) is 0 Å². The van der Waals surface area contributed by atoms with E-state index in [1.165, 1.54) is 17.4 Å². The molecule has 2 rings (SSSR count). The molecule has 0 radical (unpaired) electrons. The number of hydrogen-bond donors (Lipinski definition) is 1. The molecular weight excluding hydrogens is 238 g/mol. The lowest BCUT2D eigenvalue weighted by Gasteiger charge is -2.01. The molecule has 0 spiro atoms. The van der Waals surface area contributed by atoms with Gasteiger partial charge in [0.15, 0.2) is 5.69 Å². The Labute approximate surface area is 102 Å². The van der Waals surface area contributed by atoms with E-state index in [4.69, 9.17) is 5.11 Å². The van der Waals surface area contributed by atoms with Gasteiger partial charge in [-0.05, 0) is 26.8 Å². The van der Waals surface area contributed by atoms with Crippen molar-refractivity contribution in [1.82, 2.24) is 15.0 Å². The maximum atomic E-state index is 10.9. The summed E-state index contributed by atoms with van der Waals surface area (Å²) in [6, 6.07) is 1.48. The SMILES string of the molecule is Cc1nc(C(=O)O)cc(-c2sc(C)nc2C)n1. The average molecular weight is 249 g/mol. The number of aromatic nitrogens is 3. The molecule has 0 unspecified atom stereocenters. The van der Waals surface area contributed by atoms with E-state index in [1.807, 2.05) is 13.8 Å². The highest BCUT2D eigenvalue weighted by Gasteiger charge is 2.13. The van der Waals surface area contributed by atoms with Gasteiger partial charge in [-0.2, -0.15) is 0 Å². The first-order chi connectivity index (χ1) is 7.97. The third kappa shape index (κ3) is 2.31. The molecule has 0 fully saturated rings. The van der Waals surface area contributed by atoms with Crippen LogP contribution in [0.1, 0.15) is 27.0 Å². The number of hydrogen-bond acceptors (Lipinski definition) is 5. The molecule has 0 aliphatic heterocycles. The van der Waals surface area contributed by atoms with Crippen LogP contribution >= 0.6 is 11.3 Å². The number of thiazole rings is 1. The normalized spacial score (nSPS) is 10.5. The van der Waals surface area contributed by atoms with Gasteiger partial charge in [0.25, 0.3) is 0 Å². The number of rotatable bonds is 2. The number of aromatic carboxylic acids is 1. The monoisotopic (exact) mass is 249 g/mol. The molecule has 2 heterocycles. The predicted molar refractivity (Wildman–Crippen MR) is 64.3 cm³/mol. The number of carboxylic acids is 1. The molecule has 0 aliphatic carbocycles. The lowest BCUT2D eigenvalue weighted by molar-refractivity contribution is 0.0690. The minimum atomic E-state index is -1.05. The Balaban J connectivity index is 2.59. The van der Waals surface area contributed by atoms with Crippen LogP contribution in [0.15, 0.2) is 6.07 Å². The van der Waals surface area contributed by atoms with Gasteiger partial charge < -0.3 is 5.11 Å². The van der Waals surface area contributed by atoms with Gasteiger partial charge in [-0.25, -0.2) is 19.7 Å². The summed E-state index contributed by atoms with van der Waals surface area (Å²) in [7, 11) is 0. The van der Waals surface area contributed by atoms with E-state index in [2.05, 4.69) is 15.0 Å². The van der Waals surface area contributed by atoms with Crippen molar-refractivity contribution in [2.75, 3.05) is 0 Å². The summed E-state index contributed by atoms with van der Waals surface area (Å²) in [4.78, 5) is 24.3. The highest BCUT2D eigenvalue weighted by Crippen LogP contribution is 2.28. The van der Waals surface area contributed by atoms with Crippen molar-refractivity contribution >= 4 is 17.3 Å². The fraction of sp³-hybridized carbons (Fsp3) is 0.273. The molecule has 6 heteroatoms. The van der Waals surface area contributed by atoms with E-state index in [1.54, 1.807) is 6.92 Å². The number of aryl methyl sites for hydroxylation is 3. The second-order valence-electron chi connectivity index (χ2n) is 3.64. The largest absolute Gasteiger partial charge is 0.477 e. The molecule has 0 atom stereocenters. The van der Waals surface area contributed by atoms with Gasteiger partial charge in [-0.15, -0.1) is 11.3 Å². The molecule has 5 nitrogen and oxygen atoms in total. The molecule has 2 aromatic rings. The number of nitrogens with zero attached hydrogens (tertiary/aromatic N) is 3. The molecule has 17 heavy (non-hydrogen) atoms. The quantitative estimate of drug-likeness (QED) is 0.883. The molecule has 88 valence electrons. The summed E-state index contributed by atoms with van der Waals surface area (Å²) in [5.74, 6) is -0.596. The van der Waals surface area contributed by atoms with Crippen LogP contribution in [-0.4, -0.2) is 26.0 Å². The highest BCUT2D eigenvalue weighted by atomic mass is 32.1. The van der Waals surface area contributed by atoms with Crippen molar-refractivity contribution in [3.05, 3.63) is 28.3 Å². The van der Waals surface area contributed by atoms with Crippen LogP contribution in [0.5, 0.6) is 0 Å². The van der Waals surface area contributed by atoms with Gasteiger partial charge in [-0.1, -0.05) is 0 Å². The zero-order valence-corrected chi connectivity index (χ0v) is 10.5. The Morgan fingerprint density at radius 1 is 1.24 bits per heavy atom. The Hall–Kier alpha value is -1.82. The van der Waals surface area contributed by atoms with Crippen LogP contribution < -0.4 is 0 Å². The van der Waals surface area contributed by atoms with Gasteiger partial charge in [0.05, 0.1) is 21.3 Å². The van der Waals surface area contributed by atoms with Crippen molar-refractivity contribution in [2.24, 2.45) is 0 Å². The first-order valence-electron chi connectivity index (χ1n) is 5.00. The first-order valence-corrected chi connectivity index (χ1v) is 5.82. The second-order valence-corrected chi connectivity index (χ2v) is 4.84. The van der Waals surface area contributed by atoms with E-state index in [-0.39, 0.29) is 5.69 Å². The third-order valence-electron chi connectivity index (χ3n) is 2.19. The molecule has 0 amide bonds. The number of carbonyl (C=O) groups is 1. The van der Waals surface area contributed by atoms with Crippen molar-refractivity contribution in [2.45, 2.75) is 20.8 Å². The molecule has 0 saturated carbocycles. The molecule has 1 N–H and O–H groups in total. The van der Waals surface area contributed by atoms with E-state index in [9.17, 15) is 4.79 Å². The maximum absolute atomic E-state index is 10.9. The van der Waals surface area contributed by atoms with Crippen molar-refractivity contribution in [1.29, 1.82) is 0 Å². The van der Waals surface area contributed by atoms with Crippen LogP contribution in [0, 0.1) is 20.8 Å². The molecule has 0 saturated heterocycles. The molecule has 2 aromatic heterocycles. The molecular formula is C11H11N3O2S. The fourth-order valence-electron chi connectivity index (χ4n) is 1.56. The molecule has 0 bridgehead atoms. The van der Waals surface area contributed by atoms with E-state index in [0.29, 0.717) is 11.5 Å². The van der Waals surface area contributed by atoms with Crippen LogP contribution in [-0.2, 0) is 0 Å². The number of carboxylic acid groups (broad SMARTS) is 1. The lowest BCUT2D eigenvalue weighted by Crippen LogP contribution is -2.04. The summed E-state index contributed by atoms with van der Waals surface area (Å²) >= 11 is 1.50. The first kappa shape index (κ1) is 11.7. The summed E-state index contributed by atoms with van der Waals surface area (Å²) in [5.41, 5.74) is 1.50. The summed E-state index contributed by atoms with van der Waals surface area (Å²) in [5, 5.41) is 9.89. The van der Waals surface area contributed by atoms with Gasteiger partial charge in [0, 0.05) is 0 Å². The summed E-state index contributed by atoms with van der Waals surface area (Å²) in [6.45, 7) is 5.48. The van der Waals surface area contributed by atoms with Crippen LogP contribution in [0.25, 0.3) is 10.6 Å². The average Bonchev–Trinajstić information content (AvgIpc) is 2.57. The van der Waals surface area contributed by atoms with Gasteiger partial charge >= 0.3 is 5.97 Å². The minimum absolute atomic E-state index is 0.0120. The van der Waals surface area contributed by atoms with Crippen molar-refractivity contribution in [3.8, 4) is 10.6 Å². The standard InChI is InChI=1S/C11H11N3O2S/c1-5-10(17-7(3)12-5)8-4-9(11(15)16)14-6(2)13-8/h4H,1-3H3,(H,15,16). The Kier molecular flexibility index (Phi) is 2.89. The van der Waals surface area contributed by atoms with E-state index in [0.717, 1.165) is 15.6 Å². The summed E-state index contributed by atoms with van der Waals surface area (Å²) < 4.78 is 0. The highest BCUT2D eigenvalue weighted by molar-refractivity contribution is 7.15. The third-order valence-corrected chi connectivity index (χ3v) is 3.29. The zero-order chi connectivity index (χ0) is 12.6. The van der Waals surface area contributed by atoms with Crippen molar-refractivity contribution in [3.63, 3.8) is 0 Å². The Morgan fingerprint density at radius 3 is 2.47 bits per heavy atom. The van der Waals surface area contributed by atoms with Gasteiger partial charge in [0.2, 0.25) is 0 Å². The Bertz CT molecular complexity index is 592. The Morgan fingerprint density at radius 2 is 1.94 bits per heavy atom. The second kappa shape index (κ2) is 4.21. The fourth-order valence-corrected chi connectivity index (χ4v) is 2.44. The molecule has 0 aliphatic rings. The van der Waals surface area contributed by atoms with Crippen LogP contribution in [0.4, 0.5) is 0 Å². The lowest BCUT2D eigenvalue weighted by atomic mass is 10.2. The van der Waals surface area contributed by atoms with Crippen LogP contribution in [0.3, 0.4) is 0 Å².